The molecular weight excluding hydrogens is 182 g/mol. The van der Waals surface area contributed by atoms with Gasteiger partial charge in [-0.2, -0.15) is 0 Å². The van der Waals surface area contributed by atoms with Crippen molar-refractivity contribution in [3.05, 3.63) is 18.0 Å². The molecule has 76 valence electrons. The molecule has 2 N–H and O–H groups in total. The second kappa shape index (κ2) is 4.23. The molecule has 5 heteroatoms. The van der Waals surface area contributed by atoms with E-state index in [1.807, 2.05) is 0 Å². The number of rotatable bonds is 5. The summed E-state index contributed by atoms with van der Waals surface area (Å²) in [6.07, 6.45) is 3.82. The van der Waals surface area contributed by atoms with Crippen molar-refractivity contribution in [2.75, 3.05) is 6.54 Å². The average molecular weight is 195 g/mol. The van der Waals surface area contributed by atoms with Gasteiger partial charge in [0.05, 0.1) is 19.3 Å². The zero-order valence-electron chi connectivity index (χ0n) is 7.82. The molecule has 0 bridgehead atoms. The molecule has 0 unspecified atom stereocenters. The largest absolute Gasteiger partial charge is 0.360 e. The van der Waals surface area contributed by atoms with Crippen LogP contribution >= 0.6 is 0 Å². The van der Waals surface area contributed by atoms with Gasteiger partial charge in [0.2, 0.25) is 5.91 Å². The summed E-state index contributed by atoms with van der Waals surface area (Å²) in [5, 5.41) is 9.42. The first kappa shape index (κ1) is 9.21. The molecule has 2 rings (SSSR count). The molecule has 0 atom stereocenters. The molecule has 0 spiro atoms. The Kier molecular flexibility index (Phi) is 2.78. The third-order valence-electron chi connectivity index (χ3n) is 2.02. The van der Waals surface area contributed by atoms with Crippen molar-refractivity contribution in [3.63, 3.8) is 0 Å². The minimum atomic E-state index is 0.0482. The summed E-state index contributed by atoms with van der Waals surface area (Å²) < 4.78 is 4.86. The van der Waals surface area contributed by atoms with Crippen molar-refractivity contribution in [2.24, 2.45) is 0 Å². The molecule has 1 fully saturated rings. The summed E-state index contributed by atoms with van der Waals surface area (Å²) in [5.74, 6) is 0.788. The highest BCUT2D eigenvalue weighted by molar-refractivity contribution is 5.78. The average Bonchev–Trinajstić information content (AvgIpc) is 2.82. The number of nitrogens with zero attached hydrogens (tertiary/aromatic N) is 1. The van der Waals surface area contributed by atoms with Crippen LogP contribution in [0.25, 0.3) is 0 Å². The Balaban J connectivity index is 1.60. The van der Waals surface area contributed by atoms with E-state index in [2.05, 4.69) is 15.8 Å². The van der Waals surface area contributed by atoms with Crippen molar-refractivity contribution >= 4 is 5.91 Å². The molecule has 1 heterocycles. The van der Waals surface area contributed by atoms with Crippen LogP contribution in [0.3, 0.4) is 0 Å². The van der Waals surface area contributed by atoms with Gasteiger partial charge in [0, 0.05) is 12.1 Å². The van der Waals surface area contributed by atoms with Crippen molar-refractivity contribution < 1.29 is 9.32 Å². The molecular formula is C9H13N3O2. The van der Waals surface area contributed by atoms with Gasteiger partial charge in [0.15, 0.2) is 0 Å². The van der Waals surface area contributed by atoms with Gasteiger partial charge in [0.25, 0.3) is 0 Å². The van der Waals surface area contributed by atoms with E-state index in [1.165, 1.54) is 0 Å². The van der Waals surface area contributed by atoms with Gasteiger partial charge in [-0.15, -0.1) is 0 Å². The standard InChI is InChI=1S/C9H13N3O2/c13-9(12-7-1-2-7)6-10-5-8-3-4-11-14-8/h3-4,7,10H,1-2,5-6H2,(H,12,13). The molecule has 1 aliphatic carbocycles. The van der Waals surface area contributed by atoms with Crippen LogP contribution in [0.2, 0.25) is 0 Å². The lowest BCUT2D eigenvalue weighted by atomic mass is 10.4. The number of amides is 1. The molecule has 5 nitrogen and oxygen atoms in total. The first-order valence-electron chi connectivity index (χ1n) is 4.74. The number of carbonyl (C=O) groups is 1. The third kappa shape index (κ3) is 2.85. The van der Waals surface area contributed by atoms with E-state index in [-0.39, 0.29) is 5.91 Å². The summed E-state index contributed by atoms with van der Waals surface area (Å²) in [6, 6.07) is 2.20. The van der Waals surface area contributed by atoms with Gasteiger partial charge >= 0.3 is 0 Å². The van der Waals surface area contributed by atoms with Gasteiger partial charge in [-0.25, -0.2) is 0 Å². The maximum absolute atomic E-state index is 11.2. The molecule has 0 saturated heterocycles. The van der Waals surface area contributed by atoms with Crippen LogP contribution in [-0.4, -0.2) is 23.7 Å². The zero-order chi connectivity index (χ0) is 9.80. The van der Waals surface area contributed by atoms with Gasteiger partial charge < -0.3 is 15.2 Å². The summed E-state index contributed by atoms with van der Waals surface area (Å²) in [5.41, 5.74) is 0. The maximum atomic E-state index is 11.2. The normalized spacial score (nSPS) is 15.4. The highest BCUT2D eigenvalue weighted by Crippen LogP contribution is 2.18. The Hall–Kier alpha value is -1.36. The number of hydrogen-bond donors (Lipinski definition) is 2. The van der Waals surface area contributed by atoms with Crippen LogP contribution in [0.4, 0.5) is 0 Å². The predicted molar refractivity (Wildman–Crippen MR) is 49.4 cm³/mol. The fourth-order valence-electron chi connectivity index (χ4n) is 1.14. The first-order valence-corrected chi connectivity index (χ1v) is 4.74. The van der Waals surface area contributed by atoms with E-state index in [0.29, 0.717) is 19.1 Å². The smallest absolute Gasteiger partial charge is 0.234 e. The highest BCUT2D eigenvalue weighted by atomic mass is 16.5. The lowest BCUT2D eigenvalue weighted by Crippen LogP contribution is -2.34. The summed E-state index contributed by atoms with van der Waals surface area (Å²) in [7, 11) is 0. The van der Waals surface area contributed by atoms with Gasteiger partial charge in [-0.05, 0) is 12.8 Å². The summed E-state index contributed by atoms with van der Waals surface area (Å²) in [4.78, 5) is 11.2. The number of aromatic nitrogens is 1. The van der Waals surface area contributed by atoms with Gasteiger partial charge in [-0.3, -0.25) is 4.79 Å². The van der Waals surface area contributed by atoms with Crippen molar-refractivity contribution in [2.45, 2.75) is 25.4 Å². The summed E-state index contributed by atoms with van der Waals surface area (Å²) in [6.45, 7) is 0.870. The second-order valence-corrected chi connectivity index (χ2v) is 3.42. The molecule has 1 saturated carbocycles. The number of hydrogen-bond acceptors (Lipinski definition) is 4. The molecule has 1 aliphatic rings. The van der Waals surface area contributed by atoms with Crippen LogP contribution in [0.1, 0.15) is 18.6 Å². The Morgan fingerprint density at radius 1 is 1.64 bits per heavy atom. The quantitative estimate of drug-likeness (QED) is 0.696. The van der Waals surface area contributed by atoms with Crippen LogP contribution in [0.5, 0.6) is 0 Å². The molecule has 1 aromatic rings. The summed E-state index contributed by atoms with van der Waals surface area (Å²) >= 11 is 0. The second-order valence-electron chi connectivity index (χ2n) is 3.42. The van der Waals surface area contributed by atoms with E-state index in [4.69, 9.17) is 4.52 Å². The van der Waals surface area contributed by atoms with E-state index < -0.39 is 0 Å². The van der Waals surface area contributed by atoms with E-state index >= 15 is 0 Å². The molecule has 0 radical (unpaired) electrons. The Bertz CT molecular complexity index is 293. The maximum Gasteiger partial charge on any atom is 0.234 e. The monoisotopic (exact) mass is 195 g/mol. The van der Waals surface area contributed by atoms with E-state index in [9.17, 15) is 4.79 Å². The van der Waals surface area contributed by atoms with Crippen molar-refractivity contribution in [1.29, 1.82) is 0 Å². The molecule has 0 aromatic carbocycles. The Labute approximate surface area is 81.8 Å². The third-order valence-corrected chi connectivity index (χ3v) is 2.02. The van der Waals surface area contributed by atoms with Crippen LogP contribution < -0.4 is 10.6 Å². The van der Waals surface area contributed by atoms with Crippen molar-refractivity contribution in [3.8, 4) is 0 Å². The lowest BCUT2D eigenvalue weighted by molar-refractivity contribution is -0.120. The number of carbonyl (C=O) groups excluding carboxylic acids is 1. The first-order chi connectivity index (χ1) is 6.84. The van der Waals surface area contributed by atoms with Crippen LogP contribution in [-0.2, 0) is 11.3 Å². The molecule has 1 amide bonds. The Morgan fingerprint density at radius 2 is 2.50 bits per heavy atom. The highest BCUT2D eigenvalue weighted by Gasteiger charge is 2.22. The van der Waals surface area contributed by atoms with Gasteiger partial charge in [0.1, 0.15) is 5.76 Å². The predicted octanol–water partition coefficient (Wildman–Crippen LogP) is 0.0428. The van der Waals surface area contributed by atoms with Crippen LogP contribution in [0.15, 0.2) is 16.8 Å². The molecule has 0 aliphatic heterocycles. The number of nitrogens with one attached hydrogen (secondary N) is 2. The topological polar surface area (TPSA) is 67.2 Å². The van der Waals surface area contributed by atoms with Gasteiger partial charge in [-0.1, -0.05) is 5.16 Å². The van der Waals surface area contributed by atoms with E-state index in [1.54, 1.807) is 12.3 Å². The molecule has 14 heavy (non-hydrogen) atoms. The SMILES string of the molecule is O=C(CNCc1ccno1)NC1CC1. The minimum absolute atomic E-state index is 0.0482. The zero-order valence-corrected chi connectivity index (χ0v) is 7.82. The lowest BCUT2D eigenvalue weighted by Gasteiger charge is -2.03. The fraction of sp³-hybridized carbons (Fsp3) is 0.556. The minimum Gasteiger partial charge on any atom is -0.360 e. The molecule has 1 aromatic heterocycles. The van der Waals surface area contributed by atoms with Crippen molar-refractivity contribution in [1.82, 2.24) is 15.8 Å². The fourth-order valence-corrected chi connectivity index (χ4v) is 1.14. The Morgan fingerprint density at radius 3 is 3.14 bits per heavy atom. The van der Waals surface area contributed by atoms with Crippen LogP contribution in [0, 0.1) is 0 Å². The van der Waals surface area contributed by atoms with E-state index in [0.717, 1.165) is 18.6 Å².